The molecule has 0 heterocycles. The van der Waals surface area contributed by atoms with Crippen molar-refractivity contribution < 1.29 is 14.7 Å². The molecule has 0 spiro atoms. The predicted molar refractivity (Wildman–Crippen MR) is 73.9 cm³/mol. The van der Waals surface area contributed by atoms with Gasteiger partial charge in [-0.2, -0.15) is 0 Å². The lowest BCUT2D eigenvalue weighted by Gasteiger charge is -2.27. The molecule has 1 aliphatic rings. The summed E-state index contributed by atoms with van der Waals surface area (Å²) >= 11 is 0. The lowest BCUT2D eigenvalue weighted by molar-refractivity contribution is -0.149. The van der Waals surface area contributed by atoms with Crippen LogP contribution in [0.5, 0.6) is 0 Å². The summed E-state index contributed by atoms with van der Waals surface area (Å²) in [4.78, 5) is 23.0. The topological polar surface area (TPSA) is 78.4 Å². The molecular weight excluding hydrogens is 244 g/mol. The van der Waals surface area contributed by atoms with Gasteiger partial charge in [0, 0.05) is 12.6 Å². The Bertz CT molecular complexity index is 308. The molecule has 0 aromatic carbocycles. The van der Waals surface area contributed by atoms with Gasteiger partial charge in [-0.15, -0.1) is 0 Å². The van der Waals surface area contributed by atoms with Gasteiger partial charge in [0.05, 0.1) is 12.0 Å². The Balaban J connectivity index is 2.32. The molecule has 0 aliphatic heterocycles. The van der Waals surface area contributed by atoms with Gasteiger partial charge in [-0.3, -0.25) is 9.59 Å². The largest absolute Gasteiger partial charge is 0.481 e. The third kappa shape index (κ3) is 4.49. The lowest BCUT2D eigenvalue weighted by Crippen LogP contribution is -2.45. The summed E-state index contributed by atoms with van der Waals surface area (Å²) < 4.78 is 0. The third-order valence-corrected chi connectivity index (χ3v) is 4.34. The van der Waals surface area contributed by atoms with E-state index in [4.69, 9.17) is 0 Å². The van der Waals surface area contributed by atoms with Crippen molar-refractivity contribution in [1.29, 1.82) is 0 Å². The zero-order valence-electron chi connectivity index (χ0n) is 12.0. The third-order valence-electron chi connectivity index (χ3n) is 4.34. The highest BCUT2D eigenvalue weighted by Gasteiger charge is 2.35. The number of rotatable bonds is 8. The molecule has 3 N–H and O–H groups in total. The van der Waals surface area contributed by atoms with Gasteiger partial charge in [0.15, 0.2) is 0 Å². The molecule has 0 bridgehead atoms. The Morgan fingerprint density at radius 1 is 1.21 bits per heavy atom. The van der Waals surface area contributed by atoms with Crippen molar-refractivity contribution in [1.82, 2.24) is 10.6 Å². The Morgan fingerprint density at radius 2 is 1.79 bits per heavy atom. The van der Waals surface area contributed by atoms with Crippen molar-refractivity contribution >= 4 is 11.9 Å². The number of hydrogen-bond acceptors (Lipinski definition) is 3. The van der Waals surface area contributed by atoms with Crippen molar-refractivity contribution in [2.75, 3.05) is 13.1 Å². The van der Waals surface area contributed by atoms with Crippen LogP contribution in [0.2, 0.25) is 0 Å². The number of amides is 1. The van der Waals surface area contributed by atoms with Gasteiger partial charge in [-0.25, -0.2) is 0 Å². The molecule has 1 amide bonds. The van der Waals surface area contributed by atoms with Crippen molar-refractivity contribution in [2.24, 2.45) is 5.41 Å². The van der Waals surface area contributed by atoms with E-state index < -0.39 is 11.4 Å². The van der Waals surface area contributed by atoms with Gasteiger partial charge in [0.1, 0.15) is 0 Å². The minimum Gasteiger partial charge on any atom is -0.481 e. The maximum Gasteiger partial charge on any atom is 0.311 e. The van der Waals surface area contributed by atoms with Crippen LogP contribution in [0.3, 0.4) is 0 Å². The van der Waals surface area contributed by atoms with Gasteiger partial charge in [0.2, 0.25) is 5.91 Å². The average Bonchev–Trinajstić information content (AvgIpc) is 2.91. The summed E-state index contributed by atoms with van der Waals surface area (Å²) in [5.41, 5.74) is -0.830. The first-order valence-corrected chi connectivity index (χ1v) is 7.27. The maximum absolute atomic E-state index is 11.7. The molecule has 1 rings (SSSR count). The monoisotopic (exact) mass is 270 g/mol. The number of carboxylic acids is 1. The molecule has 0 atom stereocenters. The minimum absolute atomic E-state index is 0.112. The highest BCUT2D eigenvalue weighted by molar-refractivity contribution is 5.80. The molecule has 5 heteroatoms. The Kier molecular flexibility index (Phi) is 6.28. The molecule has 0 unspecified atom stereocenters. The minimum atomic E-state index is -0.832. The second-order valence-electron chi connectivity index (χ2n) is 5.43. The van der Waals surface area contributed by atoms with Gasteiger partial charge >= 0.3 is 5.97 Å². The van der Waals surface area contributed by atoms with E-state index in [9.17, 15) is 14.7 Å². The molecule has 0 radical (unpaired) electrons. The molecule has 1 fully saturated rings. The quantitative estimate of drug-likeness (QED) is 0.625. The molecule has 19 heavy (non-hydrogen) atoms. The van der Waals surface area contributed by atoms with Gasteiger partial charge in [0.25, 0.3) is 0 Å². The van der Waals surface area contributed by atoms with Crippen molar-refractivity contribution in [2.45, 2.75) is 58.4 Å². The molecular formula is C14H26N2O3. The number of aliphatic carboxylic acids is 1. The normalized spacial score (nSPS) is 16.5. The first kappa shape index (κ1) is 16.0. The van der Waals surface area contributed by atoms with E-state index in [0.717, 1.165) is 12.8 Å². The summed E-state index contributed by atoms with van der Waals surface area (Å²) in [6.07, 6.45) is 5.77. The summed E-state index contributed by atoms with van der Waals surface area (Å²) in [7, 11) is 0. The first-order valence-electron chi connectivity index (χ1n) is 7.27. The van der Waals surface area contributed by atoms with E-state index in [-0.39, 0.29) is 19.0 Å². The number of carboxylic acid groups (broad SMARTS) is 1. The number of carbonyl (C=O) groups excluding carboxylic acids is 1. The van der Waals surface area contributed by atoms with Crippen LogP contribution < -0.4 is 10.6 Å². The predicted octanol–water partition coefficient (Wildman–Crippen LogP) is 1.53. The fourth-order valence-electron chi connectivity index (χ4n) is 2.58. The molecule has 1 saturated carbocycles. The van der Waals surface area contributed by atoms with Gasteiger partial charge in [-0.05, 0) is 25.7 Å². The Hall–Kier alpha value is -1.10. The van der Waals surface area contributed by atoms with Crippen LogP contribution in [-0.2, 0) is 9.59 Å². The SMILES string of the molecule is CCC(CC)(CNC(=O)CNC1CCCC1)C(=O)O. The van der Waals surface area contributed by atoms with Gasteiger partial charge < -0.3 is 15.7 Å². The van der Waals surface area contributed by atoms with E-state index in [0.29, 0.717) is 18.9 Å². The summed E-state index contributed by atoms with van der Waals surface area (Å²) in [5.74, 6) is -0.944. The van der Waals surface area contributed by atoms with Crippen LogP contribution in [0.1, 0.15) is 52.4 Å². The molecule has 110 valence electrons. The van der Waals surface area contributed by atoms with Gasteiger partial charge in [-0.1, -0.05) is 26.7 Å². The van der Waals surface area contributed by atoms with Crippen LogP contribution in [0.4, 0.5) is 0 Å². The van der Waals surface area contributed by atoms with E-state index in [1.807, 2.05) is 13.8 Å². The smallest absolute Gasteiger partial charge is 0.311 e. The number of nitrogens with one attached hydrogen (secondary N) is 2. The van der Waals surface area contributed by atoms with Crippen LogP contribution in [0, 0.1) is 5.41 Å². The first-order chi connectivity index (χ1) is 9.04. The standard InChI is InChI=1S/C14H26N2O3/c1-3-14(4-2,13(18)19)10-16-12(17)9-15-11-7-5-6-8-11/h11,15H,3-10H2,1-2H3,(H,16,17)(H,18,19). The Morgan fingerprint density at radius 3 is 2.26 bits per heavy atom. The zero-order valence-corrected chi connectivity index (χ0v) is 12.0. The van der Waals surface area contributed by atoms with E-state index >= 15 is 0 Å². The molecule has 0 saturated heterocycles. The molecule has 1 aliphatic carbocycles. The van der Waals surface area contributed by atoms with Crippen LogP contribution >= 0.6 is 0 Å². The van der Waals surface area contributed by atoms with Crippen LogP contribution in [-0.4, -0.2) is 36.1 Å². The molecule has 0 aromatic heterocycles. The molecule has 0 aromatic rings. The van der Waals surface area contributed by atoms with Crippen LogP contribution in [0.25, 0.3) is 0 Å². The van der Waals surface area contributed by atoms with E-state index in [1.54, 1.807) is 0 Å². The van der Waals surface area contributed by atoms with E-state index in [1.165, 1.54) is 12.8 Å². The Labute approximate surface area is 115 Å². The highest BCUT2D eigenvalue weighted by atomic mass is 16.4. The second-order valence-corrected chi connectivity index (χ2v) is 5.43. The van der Waals surface area contributed by atoms with Crippen molar-refractivity contribution in [3.8, 4) is 0 Å². The fraction of sp³-hybridized carbons (Fsp3) is 0.857. The average molecular weight is 270 g/mol. The van der Waals surface area contributed by atoms with E-state index in [2.05, 4.69) is 10.6 Å². The summed E-state index contributed by atoms with van der Waals surface area (Å²) in [6.45, 7) is 4.19. The zero-order chi connectivity index (χ0) is 14.3. The fourth-order valence-corrected chi connectivity index (χ4v) is 2.58. The lowest BCUT2D eigenvalue weighted by atomic mass is 9.82. The number of carbonyl (C=O) groups is 2. The highest BCUT2D eigenvalue weighted by Crippen LogP contribution is 2.25. The van der Waals surface area contributed by atoms with Crippen molar-refractivity contribution in [3.05, 3.63) is 0 Å². The summed E-state index contributed by atoms with van der Waals surface area (Å²) in [5, 5.41) is 15.2. The number of hydrogen-bond donors (Lipinski definition) is 3. The maximum atomic E-state index is 11.7. The summed E-state index contributed by atoms with van der Waals surface area (Å²) in [6, 6.07) is 0.451. The second kappa shape index (κ2) is 7.48. The molecule has 5 nitrogen and oxygen atoms in total. The van der Waals surface area contributed by atoms with Crippen molar-refractivity contribution in [3.63, 3.8) is 0 Å². The van der Waals surface area contributed by atoms with Crippen LogP contribution in [0.15, 0.2) is 0 Å².